The molecule has 1 N–H and O–H groups in total. The first-order valence-electron chi connectivity index (χ1n) is 10.2. The lowest BCUT2D eigenvalue weighted by Gasteiger charge is -2.34. The van der Waals surface area contributed by atoms with E-state index in [1.54, 1.807) is 12.1 Å². The fourth-order valence-electron chi connectivity index (χ4n) is 3.47. The Morgan fingerprint density at radius 1 is 1.20 bits per heavy atom. The van der Waals surface area contributed by atoms with Crippen molar-refractivity contribution in [3.8, 4) is 0 Å². The van der Waals surface area contributed by atoms with Gasteiger partial charge in [-0.05, 0) is 37.7 Å². The lowest BCUT2D eigenvalue weighted by Crippen LogP contribution is -2.45. The number of likely N-dealkylation sites (N-methyl/N-ethyl adjacent to an activating group) is 1. The summed E-state index contributed by atoms with van der Waals surface area (Å²) in [7, 11) is 4.12. The highest BCUT2D eigenvalue weighted by atomic mass is 127. The number of pyridine rings is 1. The maximum atomic E-state index is 13.5. The predicted molar refractivity (Wildman–Crippen MR) is 132 cm³/mol. The minimum absolute atomic E-state index is 0. The fraction of sp³-hybridized carbons (Fsp3) is 0.455. The van der Waals surface area contributed by atoms with Crippen LogP contribution >= 0.6 is 24.0 Å². The third kappa shape index (κ3) is 6.80. The van der Waals surface area contributed by atoms with Crippen molar-refractivity contribution in [1.82, 2.24) is 20.1 Å². The third-order valence-corrected chi connectivity index (χ3v) is 5.07. The zero-order valence-electron chi connectivity index (χ0n) is 18.0. The van der Waals surface area contributed by atoms with Crippen LogP contribution in [0.25, 0.3) is 0 Å². The van der Waals surface area contributed by atoms with E-state index in [-0.39, 0.29) is 29.8 Å². The molecule has 0 atom stereocenters. The first kappa shape index (κ1) is 24.3. The number of rotatable bonds is 6. The van der Waals surface area contributed by atoms with Gasteiger partial charge in [0.15, 0.2) is 5.96 Å². The molecule has 0 saturated carbocycles. The fourth-order valence-corrected chi connectivity index (χ4v) is 3.47. The van der Waals surface area contributed by atoms with Gasteiger partial charge in [0.05, 0.1) is 6.54 Å². The van der Waals surface area contributed by atoms with Crippen molar-refractivity contribution in [3.05, 3.63) is 59.5 Å². The maximum Gasteiger partial charge on any atom is 0.194 e. The molecule has 0 radical (unpaired) electrons. The molecule has 3 rings (SSSR count). The van der Waals surface area contributed by atoms with Crippen LogP contribution in [-0.2, 0) is 13.1 Å². The van der Waals surface area contributed by atoms with Crippen molar-refractivity contribution in [1.29, 1.82) is 0 Å². The van der Waals surface area contributed by atoms with Crippen LogP contribution in [0.5, 0.6) is 0 Å². The van der Waals surface area contributed by atoms with Gasteiger partial charge in [0, 0.05) is 58.1 Å². The molecule has 1 fully saturated rings. The van der Waals surface area contributed by atoms with Gasteiger partial charge in [-0.25, -0.2) is 14.4 Å². The predicted octanol–water partition coefficient (Wildman–Crippen LogP) is 3.19. The van der Waals surface area contributed by atoms with Gasteiger partial charge in [0.25, 0.3) is 0 Å². The lowest BCUT2D eigenvalue weighted by molar-refractivity contribution is 0.312. The molecular formula is C22H32FIN6. The van der Waals surface area contributed by atoms with E-state index in [0.29, 0.717) is 13.1 Å². The molecule has 0 bridgehead atoms. The summed E-state index contributed by atoms with van der Waals surface area (Å²) in [5.74, 6) is 1.60. The van der Waals surface area contributed by atoms with E-state index >= 15 is 0 Å². The number of guanidine groups is 1. The van der Waals surface area contributed by atoms with Gasteiger partial charge in [-0.15, -0.1) is 24.0 Å². The van der Waals surface area contributed by atoms with E-state index in [4.69, 9.17) is 4.99 Å². The second-order valence-electron chi connectivity index (χ2n) is 7.43. The van der Waals surface area contributed by atoms with Crippen LogP contribution in [0, 0.1) is 5.82 Å². The van der Waals surface area contributed by atoms with Crippen molar-refractivity contribution in [2.75, 3.05) is 51.7 Å². The van der Waals surface area contributed by atoms with Gasteiger partial charge in [-0.1, -0.05) is 18.2 Å². The Morgan fingerprint density at radius 3 is 2.67 bits per heavy atom. The number of aliphatic imine (C=N–C) groups is 1. The van der Waals surface area contributed by atoms with Gasteiger partial charge in [0.1, 0.15) is 11.6 Å². The van der Waals surface area contributed by atoms with Crippen LogP contribution in [0.2, 0.25) is 0 Å². The highest BCUT2D eigenvalue weighted by Crippen LogP contribution is 2.19. The van der Waals surface area contributed by atoms with Crippen molar-refractivity contribution in [2.45, 2.75) is 20.0 Å². The Kier molecular flexibility index (Phi) is 9.77. The standard InChI is InChI=1S/C22H31FN6.HI/c1-4-24-22(28(3)17-18-7-5-9-20(23)15-18)26-16-19-8-6-10-25-21(19)29-13-11-27(2)12-14-29;/h5-10,15H,4,11-14,16-17H2,1-3H3,(H,24,26);1H. The Balaban J connectivity index is 0.00000320. The number of aromatic nitrogens is 1. The Bertz CT molecular complexity index is 823. The van der Waals surface area contributed by atoms with Gasteiger partial charge < -0.3 is 20.0 Å². The van der Waals surface area contributed by atoms with Gasteiger partial charge in [0.2, 0.25) is 0 Å². The Hall–Kier alpha value is -1.94. The van der Waals surface area contributed by atoms with E-state index in [1.165, 1.54) is 6.07 Å². The van der Waals surface area contributed by atoms with E-state index in [1.807, 2.05) is 37.2 Å². The number of nitrogens with one attached hydrogen (secondary N) is 1. The average Bonchev–Trinajstić information content (AvgIpc) is 2.72. The molecule has 2 heterocycles. The largest absolute Gasteiger partial charge is 0.357 e. The first-order valence-corrected chi connectivity index (χ1v) is 10.2. The molecule has 1 aromatic carbocycles. The molecule has 2 aromatic rings. The molecule has 1 aliphatic rings. The van der Waals surface area contributed by atoms with E-state index < -0.39 is 0 Å². The van der Waals surface area contributed by atoms with E-state index in [0.717, 1.165) is 55.6 Å². The topological polar surface area (TPSA) is 47.0 Å². The summed E-state index contributed by atoms with van der Waals surface area (Å²) < 4.78 is 13.5. The number of hydrogen-bond acceptors (Lipinski definition) is 4. The van der Waals surface area contributed by atoms with Crippen LogP contribution in [-0.4, -0.2) is 67.6 Å². The Labute approximate surface area is 196 Å². The summed E-state index contributed by atoms with van der Waals surface area (Å²) in [4.78, 5) is 16.2. The summed E-state index contributed by atoms with van der Waals surface area (Å²) in [6, 6.07) is 10.8. The molecule has 1 aromatic heterocycles. The molecule has 8 heteroatoms. The molecule has 0 amide bonds. The molecular weight excluding hydrogens is 494 g/mol. The van der Waals surface area contributed by atoms with Crippen molar-refractivity contribution < 1.29 is 4.39 Å². The first-order chi connectivity index (χ1) is 14.1. The number of hydrogen-bond donors (Lipinski definition) is 1. The molecule has 0 unspecified atom stereocenters. The van der Waals surface area contributed by atoms with Gasteiger partial charge >= 0.3 is 0 Å². The summed E-state index contributed by atoms with van der Waals surface area (Å²) in [5, 5.41) is 3.33. The average molecular weight is 526 g/mol. The van der Waals surface area contributed by atoms with Gasteiger partial charge in [-0.2, -0.15) is 0 Å². The van der Waals surface area contributed by atoms with Crippen LogP contribution in [0.4, 0.5) is 10.2 Å². The molecule has 1 saturated heterocycles. The molecule has 0 spiro atoms. The minimum atomic E-state index is -0.218. The number of piperazine rings is 1. The molecule has 30 heavy (non-hydrogen) atoms. The van der Waals surface area contributed by atoms with Gasteiger partial charge in [-0.3, -0.25) is 0 Å². The monoisotopic (exact) mass is 526 g/mol. The molecule has 164 valence electrons. The summed E-state index contributed by atoms with van der Waals surface area (Å²) >= 11 is 0. The van der Waals surface area contributed by atoms with Crippen molar-refractivity contribution >= 4 is 35.8 Å². The SMILES string of the molecule is CCNC(=NCc1cccnc1N1CCN(C)CC1)N(C)Cc1cccc(F)c1.I. The highest BCUT2D eigenvalue weighted by Gasteiger charge is 2.18. The summed E-state index contributed by atoms with van der Waals surface area (Å²) in [5.41, 5.74) is 2.03. The Morgan fingerprint density at radius 2 is 1.97 bits per heavy atom. The number of anilines is 1. The van der Waals surface area contributed by atoms with Crippen LogP contribution in [0.15, 0.2) is 47.6 Å². The number of benzene rings is 1. The molecule has 1 aliphatic heterocycles. The molecule has 0 aliphatic carbocycles. The summed E-state index contributed by atoms with van der Waals surface area (Å²) in [6.45, 7) is 7.98. The minimum Gasteiger partial charge on any atom is -0.357 e. The smallest absolute Gasteiger partial charge is 0.194 e. The highest BCUT2D eigenvalue weighted by molar-refractivity contribution is 14.0. The second kappa shape index (κ2) is 12.0. The van der Waals surface area contributed by atoms with Crippen LogP contribution in [0.1, 0.15) is 18.1 Å². The molecule has 6 nitrogen and oxygen atoms in total. The van der Waals surface area contributed by atoms with Crippen LogP contribution < -0.4 is 10.2 Å². The van der Waals surface area contributed by atoms with Crippen molar-refractivity contribution in [3.63, 3.8) is 0 Å². The normalized spacial score (nSPS) is 14.9. The third-order valence-electron chi connectivity index (χ3n) is 5.07. The maximum absolute atomic E-state index is 13.5. The quantitative estimate of drug-likeness (QED) is 0.356. The number of halogens is 2. The van der Waals surface area contributed by atoms with Crippen molar-refractivity contribution in [2.24, 2.45) is 4.99 Å². The van der Waals surface area contributed by atoms with E-state index in [9.17, 15) is 4.39 Å². The number of nitrogens with zero attached hydrogens (tertiary/aromatic N) is 5. The second-order valence-corrected chi connectivity index (χ2v) is 7.43. The zero-order valence-corrected chi connectivity index (χ0v) is 20.3. The lowest BCUT2D eigenvalue weighted by atomic mass is 10.2. The van der Waals surface area contributed by atoms with E-state index in [2.05, 4.69) is 33.2 Å². The summed E-state index contributed by atoms with van der Waals surface area (Å²) in [6.07, 6.45) is 1.85. The van der Waals surface area contributed by atoms with Crippen LogP contribution in [0.3, 0.4) is 0 Å². The zero-order chi connectivity index (χ0) is 20.6.